The van der Waals surface area contributed by atoms with Gasteiger partial charge in [-0.2, -0.15) is 5.10 Å². The molecule has 8 nitrogen and oxygen atoms in total. The van der Waals surface area contributed by atoms with Crippen LogP contribution in [0.15, 0.2) is 6.07 Å². The molecule has 2 aliphatic heterocycles. The van der Waals surface area contributed by atoms with Crippen molar-refractivity contribution < 1.29 is 14.4 Å². The maximum atomic E-state index is 12.5. The molecule has 3 rings (SSSR count). The summed E-state index contributed by atoms with van der Waals surface area (Å²) >= 11 is 0. The maximum absolute atomic E-state index is 12.5. The fraction of sp³-hybridized carbons (Fsp3) is 0.714. The minimum Gasteiger partial charge on any atom is -0.356 e. The first-order valence-corrected chi connectivity index (χ1v) is 10.8. The van der Waals surface area contributed by atoms with Crippen molar-refractivity contribution in [2.24, 2.45) is 5.92 Å². The number of aryl methyl sites for hydroxylation is 3. The van der Waals surface area contributed by atoms with Crippen LogP contribution in [0.25, 0.3) is 0 Å². The lowest BCUT2D eigenvalue weighted by atomic mass is 9.96. The predicted molar refractivity (Wildman–Crippen MR) is 109 cm³/mol. The second-order valence-corrected chi connectivity index (χ2v) is 8.21. The molecule has 8 heteroatoms. The molecule has 0 bridgehead atoms. The Hall–Kier alpha value is -2.38. The van der Waals surface area contributed by atoms with Crippen LogP contribution in [0.1, 0.15) is 49.9 Å². The number of piperidine rings is 1. The second kappa shape index (κ2) is 9.89. The molecule has 0 spiro atoms. The van der Waals surface area contributed by atoms with Crippen molar-refractivity contribution in [3.8, 4) is 0 Å². The van der Waals surface area contributed by atoms with Gasteiger partial charge >= 0.3 is 0 Å². The monoisotopic (exact) mass is 403 g/mol. The summed E-state index contributed by atoms with van der Waals surface area (Å²) in [4.78, 5) is 40.1. The van der Waals surface area contributed by atoms with Gasteiger partial charge in [-0.05, 0) is 45.6 Å². The van der Waals surface area contributed by atoms with Gasteiger partial charge in [0.25, 0.3) is 0 Å². The van der Waals surface area contributed by atoms with Gasteiger partial charge in [0.05, 0.1) is 11.6 Å². The van der Waals surface area contributed by atoms with Gasteiger partial charge in [-0.15, -0.1) is 0 Å². The summed E-state index contributed by atoms with van der Waals surface area (Å²) in [6.07, 6.45) is 4.21. The summed E-state index contributed by atoms with van der Waals surface area (Å²) in [6, 6.07) is 2.05. The largest absolute Gasteiger partial charge is 0.356 e. The zero-order chi connectivity index (χ0) is 20.8. The van der Waals surface area contributed by atoms with Gasteiger partial charge in [0.15, 0.2) is 0 Å². The van der Waals surface area contributed by atoms with Crippen molar-refractivity contribution in [1.29, 1.82) is 0 Å². The van der Waals surface area contributed by atoms with Crippen molar-refractivity contribution in [3.05, 3.63) is 17.5 Å². The van der Waals surface area contributed by atoms with E-state index in [2.05, 4.69) is 10.4 Å². The summed E-state index contributed by atoms with van der Waals surface area (Å²) < 4.78 is 1.97. The Labute approximate surface area is 172 Å². The van der Waals surface area contributed by atoms with Gasteiger partial charge in [-0.1, -0.05) is 0 Å². The average molecular weight is 404 g/mol. The maximum Gasteiger partial charge on any atom is 0.224 e. The molecule has 2 saturated heterocycles. The quantitative estimate of drug-likeness (QED) is 0.629. The lowest BCUT2D eigenvalue weighted by Gasteiger charge is -2.32. The number of nitrogens with one attached hydrogen (secondary N) is 1. The molecule has 1 aromatic heterocycles. The number of hydrogen-bond donors (Lipinski definition) is 1. The minimum atomic E-state index is -0.144. The van der Waals surface area contributed by atoms with E-state index < -0.39 is 0 Å². The second-order valence-electron chi connectivity index (χ2n) is 8.21. The zero-order valence-corrected chi connectivity index (χ0v) is 17.7. The third-order valence-corrected chi connectivity index (χ3v) is 5.85. The van der Waals surface area contributed by atoms with Crippen LogP contribution in [0.4, 0.5) is 0 Å². The van der Waals surface area contributed by atoms with Crippen LogP contribution in [0.5, 0.6) is 0 Å². The average Bonchev–Trinajstić information content (AvgIpc) is 3.24. The molecule has 0 aromatic carbocycles. The van der Waals surface area contributed by atoms with Crippen LogP contribution in [-0.2, 0) is 20.9 Å². The Morgan fingerprint density at radius 2 is 1.86 bits per heavy atom. The molecule has 0 radical (unpaired) electrons. The molecule has 0 unspecified atom stereocenters. The highest BCUT2D eigenvalue weighted by molar-refractivity contribution is 5.83. The van der Waals surface area contributed by atoms with E-state index >= 15 is 0 Å². The van der Waals surface area contributed by atoms with Gasteiger partial charge in [-0.25, -0.2) is 0 Å². The number of likely N-dealkylation sites (tertiary alicyclic amines) is 2. The number of hydrogen-bond acceptors (Lipinski definition) is 4. The zero-order valence-electron chi connectivity index (χ0n) is 17.7. The fourth-order valence-corrected chi connectivity index (χ4v) is 4.22. The first-order chi connectivity index (χ1) is 13.9. The van der Waals surface area contributed by atoms with Crippen LogP contribution in [0.3, 0.4) is 0 Å². The first kappa shape index (κ1) is 21.3. The molecule has 0 saturated carbocycles. The van der Waals surface area contributed by atoms with E-state index in [9.17, 15) is 14.4 Å². The van der Waals surface area contributed by atoms with Gasteiger partial charge in [-0.3, -0.25) is 19.1 Å². The molecule has 1 atom stereocenters. The Kier molecular flexibility index (Phi) is 7.28. The van der Waals surface area contributed by atoms with Gasteiger partial charge < -0.3 is 15.1 Å². The molecular formula is C21H33N5O3. The Morgan fingerprint density at radius 1 is 1.10 bits per heavy atom. The normalized spacial score (nSPS) is 19.9. The van der Waals surface area contributed by atoms with E-state index in [1.807, 2.05) is 29.5 Å². The van der Waals surface area contributed by atoms with Crippen molar-refractivity contribution in [2.45, 2.75) is 58.9 Å². The molecule has 160 valence electrons. The van der Waals surface area contributed by atoms with E-state index in [0.717, 1.165) is 43.7 Å². The molecule has 3 amide bonds. The Balaban J connectivity index is 1.37. The topological polar surface area (TPSA) is 87.5 Å². The summed E-state index contributed by atoms with van der Waals surface area (Å²) in [5, 5.41) is 7.45. The first-order valence-electron chi connectivity index (χ1n) is 10.8. The lowest BCUT2D eigenvalue weighted by molar-refractivity contribution is -0.138. The standard InChI is InChI=1S/C21H33N5O3/c1-16-14-17(2)26(23-16)13-4-9-22-21(29)18-7-8-20(28)25(15-18)12-5-11-24-10-3-6-19(24)27/h14,18H,3-13,15H2,1-2H3,(H,22,29)/t18-/m1/s1. The molecule has 1 aromatic rings. The van der Waals surface area contributed by atoms with Gasteiger partial charge in [0.1, 0.15) is 0 Å². The summed E-state index contributed by atoms with van der Waals surface area (Å²) in [7, 11) is 0. The number of rotatable bonds is 9. The highest BCUT2D eigenvalue weighted by atomic mass is 16.2. The van der Waals surface area contributed by atoms with Gasteiger partial charge in [0, 0.05) is 57.8 Å². The molecule has 2 aliphatic rings. The predicted octanol–water partition coefficient (Wildman–Crippen LogP) is 1.26. The van der Waals surface area contributed by atoms with Crippen LogP contribution in [0, 0.1) is 19.8 Å². The smallest absolute Gasteiger partial charge is 0.224 e. The van der Waals surface area contributed by atoms with Gasteiger partial charge in [0.2, 0.25) is 17.7 Å². The number of nitrogens with zero attached hydrogens (tertiary/aromatic N) is 4. The van der Waals surface area contributed by atoms with E-state index in [-0.39, 0.29) is 23.6 Å². The fourth-order valence-electron chi connectivity index (χ4n) is 4.22. The highest BCUT2D eigenvalue weighted by Crippen LogP contribution is 2.19. The Bertz CT molecular complexity index is 745. The minimum absolute atomic E-state index is 0.0330. The van der Waals surface area contributed by atoms with Crippen molar-refractivity contribution in [3.63, 3.8) is 0 Å². The third-order valence-electron chi connectivity index (χ3n) is 5.85. The van der Waals surface area contributed by atoms with E-state index in [4.69, 9.17) is 0 Å². The summed E-state index contributed by atoms with van der Waals surface area (Å²) in [6.45, 7) is 8.03. The van der Waals surface area contributed by atoms with Crippen LogP contribution in [-0.4, -0.2) is 70.0 Å². The third kappa shape index (κ3) is 5.81. The van der Waals surface area contributed by atoms with Crippen molar-refractivity contribution in [1.82, 2.24) is 24.9 Å². The van der Waals surface area contributed by atoms with Crippen LogP contribution >= 0.6 is 0 Å². The summed E-state index contributed by atoms with van der Waals surface area (Å²) in [5.41, 5.74) is 2.14. The number of carbonyl (C=O) groups excluding carboxylic acids is 3. The van der Waals surface area contributed by atoms with E-state index in [1.165, 1.54) is 0 Å². The molecule has 0 aliphatic carbocycles. The van der Waals surface area contributed by atoms with E-state index in [1.54, 1.807) is 4.90 Å². The molecule has 3 heterocycles. The number of carbonyl (C=O) groups is 3. The highest BCUT2D eigenvalue weighted by Gasteiger charge is 2.30. The van der Waals surface area contributed by atoms with Crippen molar-refractivity contribution in [2.75, 3.05) is 32.7 Å². The SMILES string of the molecule is Cc1cc(C)n(CCCNC(=O)[C@@H]2CCC(=O)N(CCCN3CCCC3=O)C2)n1. The van der Waals surface area contributed by atoms with Crippen molar-refractivity contribution >= 4 is 17.7 Å². The van der Waals surface area contributed by atoms with Crippen LogP contribution in [0.2, 0.25) is 0 Å². The molecule has 29 heavy (non-hydrogen) atoms. The van der Waals surface area contributed by atoms with Crippen LogP contribution < -0.4 is 5.32 Å². The van der Waals surface area contributed by atoms with E-state index in [0.29, 0.717) is 45.4 Å². The summed E-state index contributed by atoms with van der Waals surface area (Å²) in [5.74, 6) is 0.222. The Morgan fingerprint density at radius 3 is 2.55 bits per heavy atom. The number of aromatic nitrogens is 2. The lowest BCUT2D eigenvalue weighted by Crippen LogP contribution is -2.46. The molecule has 2 fully saturated rings. The number of amides is 3. The molecular weight excluding hydrogens is 370 g/mol. The molecule has 1 N–H and O–H groups in total.